The van der Waals surface area contributed by atoms with E-state index in [1.54, 1.807) is 0 Å². The maximum absolute atomic E-state index is 14.6. The van der Waals surface area contributed by atoms with E-state index in [0.29, 0.717) is 58.2 Å². The fraction of sp³-hybridized carbons (Fsp3) is 1.00. The average Bonchev–Trinajstić information content (AvgIpc) is 3.11. The number of quaternary nitrogens is 1. The summed E-state index contributed by atoms with van der Waals surface area (Å²) < 4.78 is 368. The van der Waals surface area contributed by atoms with Gasteiger partial charge >= 0.3 is 70.9 Å². The van der Waals surface area contributed by atoms with E-state index in [9.17, 15) is 127 Å². The van der Waals surface area contributed by atoms with Crippen LogP contribution in [0.25, 0.3) is 0 Å². The highest BCUT2D eigenvalue weighted by Gasteiger charge is 2.95. The van der Waals surface area contributed by atoms with Crippen molar-refractivity contribution in [2.75, 3.05) is 26.2 Å². The lowest BCUT2D eigenvalue weighted by molar-refractivity contribution is -0.929. The lowest BCUT2D eigenvalue weighted by Crippen LogP contribution is -2.74. The van der Waals surface area contributed by atoms with Crippen LogP contribution in [0.4, 0.5) is 114 Å². The number of halogens is 26. The molecule has 0 spiro atoms. The van der Waals surface area contributed by atoms with Crippen molar-refractivity contribution in [1.29, 1.82) is 0 Å². The number of rotatable bonds is 28. The highest BCUT2D eigenvalue weighted by Crippen LogP contribution is 2.64. The molecule has 0 bridgehead atoms. The molecule has 64 heavy (non-hydrogen) atoms. The summed E-state index contributed by atoms with van der Waals surface area (Å²) in [7, 11) is -7.42. The zero-order valence-corrected chi connectivity index (χ0v) is 34.5. The first-order valence-electron chi connectivity index (χ1n) is 18.9. The lowest BCUT2D eigenvalue weighted by atomic mass is 9.88. The first kappa shape index (κ1) is 64.1. The molecule has 0 aromatic carbocycles. The third kappa shape index (κ3) is 13.2. The van der Waals surface area contributed by atoms with Crippen LogP contribution in [0.3, 0.4) is 0 Å². The second kappa shape index (κ2) is 22.0. The molecule has 0 aliphatic heterocycles. The van der Waals surface area contributed by atoms with Gasteiger partial charge in [0.25, 0.3) is 0 Å². The molecular weight excluding hydrogens is 984 g/mol. The van der Waals surface area contributed by atoms with Gasteiger partial charge < -0.3 is 9.04 Å². The summed E-state index contributed by atoms with van der Waals surface area (Å²) in [6.45, 7) is 6.48. The van der Waals surface area contributed by atoms with Gasteiger partial charge in [0.15, 0.2) is 10.1 Å². The Labute approximate surface area is 349 Å². The topological polar surface area (TPSA) is 57.2 Å². The van der Waals surface area contributed by atoms with E-state index in [2.05, 4.69) is 0 Å². The molecule has 0 unspecified atom stereocenters. The quantitative estimate of drug-likeness (QED) is 0.0340. The Kier molecular flexibility index (Phi) is 22.0. The summed E-state index contributed by atoms with van der Waals surface area (Å²) in [4.78, 5) is 0. The monoisotopic (exact) mass is 1030 g/mol. The normalized spacial score (nSPS) is 15.3. The molecule has 0 fully saturated rings. The average molecular weight is 1030 g/mol. The van der Waals surface area contributed by atoms with Crippen molar-refractivity contribution in [2.24, 2.45) is 0 Å². The van der Waals surface area contributed by atoms with Crippen LogP contribution >= 0.6 is 0 Å². The molecule has 0 N–H and O–H groups in total. The minimum absolute atomic E-state index is 0.0716. The van der Waals surface area contributed by atoms with E-state index in [1.165, 1.54) is 0 Å². The van der Waals surface area contributed by atoms with Gasteiger partial charge in [-0.05, 0) is 38.5 Å². The minimum Gasteiger partial charge on any atom is -0.743 e. The highest BCUT2D eigenvalue weighted by atomic mass is 32.2. The third-order valence-corrected chi connectivity index (χ3v) is 10.7. The van der Waals surface area contributed by atoms with Crippen molar-refractivity contribution < 1.29 is 132 Å². The van der Waals surface area contributed by atoms with E-state index in [-0.39, 0.29) is 11.0 Å². The van der Waals surface area contributed by atoms with Crippen LogP contribution < -0.4 is 0 Å². The van der Waals surface area contributed by atoms with Gasteiger partial charge in [-0.2, -0.15) is 114 Å². The fourth-order valence-corrected chi connectivity index (χ4v) is 6.24. The number of nitrogens with zero attached hydrogens (tertiary/aromatic N) is 1. The molecule has 0 saturated carbocycles. The van der Waals surface area contributed by atoms with Gasteiger partial charge in [-0.1, -0.05) is 59.3 Å². The summed E-state index contributed by atoms with van der Waals surface area (Å²) in [5.41, 5.74) is 0. The number of alkyl halides is 26. The largest absolute Gasteiger partial charge is 0.743 e. The summed E-state index contributed by atoms with van der Waals surface area (Å²) in [6, 6.07) is 0. The van der Waals surface area contributed by atoms with Crippen molar-refractivity contribution in [3.05, 3.63) is 0 Å². The van der Waals surface area contributed by atoms with Gasteiger partial charge in [-0.15, -0.1) is 0 Å². The van der Waals surface area contributed by atoms with Crippen LogP contribution in [0.1, 0.15) is 111 Å². The maximum atomic E-state index is 14.6. The first-order valence-corrected chi connectivity index (χ1v) is 20.3. The predicted octanol–water partition coefficient (Wildman–Crippen LogP) is 14.3. The van der Waals surface area contributed by atoms with Crippen molar-refractivity contribution >= 4 is 10.1 Å². The zero-order valence-electron chi connectivity index (χ0n) is 33.6. The highest BCUT2D eigenvalue weighted by molar-refractivity contribution is 7.86. The molecule has 0 aromatic heterocycles. The second-order valence-electron chi connectivity index (χ2n) is 14.8. The van der Waals surface area contributed by atoms with E-state index in [1.807, 2.05) is 20.8 Å². The molecule has 0 aliphatic rings. The number of hydrogen-bond acceptors (Lipinski definition) is 3. The smallest absolute Gasteiger partial charge is 0.460 e. The summed E-state index contributed by atoms with van der Waals surface area (Å²) in [6.07, 6.45) is -9.60. The van der Waals surface area contributed by atoms with E-state index < -0.39 is 93.9 Å². The Morgan fingerprint density at radius 1 is 0.344 bits per heavy atom. The molecule has 0 saturated heterocycles. The standard InChI is InChI=1S/C29H45F17N.C4HF9O3S/c1-4-7-10-13-18-47(19-14-11-8-5-2,20-15-12-9-6-3)21-16-17-22(30,31)23(32,33)24(34,35)25(36,37)26(38,39)27(40,41)28(42,43)29(44,45)46;5-1(6,3(9,10)11)2(7,8)4(12,13)17(14,15)16/h4-21H2,1-3H3;(H,14,15,16)/q+1;/p-1. The van der Waals surface area contributed by atoms with Crippen molar-refractivity contribution in [3.63, 3.8) is 0 Å². The fourth-order valence-electron chi connectivity index (χ4n) is 5.80. The molecule has 31 heteroatoms. The second-order valence-corrected chi connectivity index (χ2v) is 16.2. The van der Waals surface area contributed by atoms with Crippen LogP contribution in [0.2, 0.25) is 0 Å². The lowest BCUT2D eigenvalue weighted by Gasteiger charge is -2.43. The molecule has 0 amide bonds. The van der Waals surface area contributed by atoms with E-state index in [0.717, 1.165) is 38.5 Å². The molecule has 0 aromatic rings. The van der Waals surface area contributed by atoms with Crippen molar-refractivity contribution in [1.82, 2.24) is 0 Å². The van der Waals surface area contributed by atoms with Crippen LogP contribution in [0.5, 0.6) is 0 Å². The molecule has 0 aliphatic carbocycles. The Hall–Kier alpha value is -1.95. The Morgan fingerprint density at radius 3 is 0.859 bits per heavy atom. The van der Waals surface area contributed by atoms with Gasteiger partial charge in [-0.25, -0.2) is 8.42 Å². The van der Waals surface area contributed by atoms with E-state index in [4.69, 9.17) is 0 Å². The Morgan fingerprint density at radius 2 is 0.594 bits per heavy atom. The minimum atomic E-state index is -8.59. The molecule has 4 nitrogen and oxygen atoms in total. The summed E-state index contributed by atoms with van der Waals surface area (Å²) >= 11 is 0. The van der Waals surface area contributed by atoms with Crippen molar-refractivity contribution in [2.45, 2.75) is 182 Å². The first-order chi connectivity index (χ1) is 28.1. The van der Waals surface area contributed by atoms with Gasteiger partial charge in [-0.3, -0.25) is 0 Å². The Balaban J connectivity index is 0. The van der Waals surface area contributed by atoms with Crippen LogP contribution in [0.15, 0.2) is 0 Å². The molecule has 0 heterocycles. The van der Waals surface area contributed by atoms with E-state index >= 15 is 0 Å². The summed E-state index contributed by atoms with van der Waals surface area (Å²) in [5.74, 6) is -70.7. The predicted molar refractivity (Wildman–Crippen MR) is 173 cm³/mol. The van der Waals surface area contributed by atoms with Crippen LogP contribution in [-0.4, -0.2) is 115 Å². The SMILES string of the molecule is CCCCCC[N+](CCCCCC)(CCCCCC)CCCC(F)(F)C(F)(F)C(F)(F)C(F)(F)C(F)(F)C(F)(F)C(F)(F)C(F)(F)F.O=S(=O)([O-])C(F)(F)C(F)(F)C(F)(F)C(F)(F)F. The number of unbranched alkanes of at least 4 members (excludes halogenated alkanes) is 9. The molecular formula is C33H45F26NO3S. The maximum Gasteiger partial charge on any atom is 0.460 e. The van der Waals surface area contributed by atoms with Crippen LogP contribution in [-0.2, 0) is 10.1 Å². The zero-order chi connectivity index (χ0) is 51.7. The third-order valence-electron chi connectivity index (χ3n) is 9.80. The molecule has 0 radical (unpaired) electrons. The van der Waals surface area contributed by atoms with Gasteiger partial charge in [0.05, 0.1) is 26.2 Å². The molecule has 388 valence electrons. The Bertz CT molecular complexity index is 1480. The number of hydrogen-bond donors (Lipinski definition) is 0. The van der Waals surface area contributed by atoms with Gasteiger partial charge in [0.2, 0.25) is 0 Å². The molecule has 0 atom stereocenters. The van der Waals surface area contributed by atoms with Crippen LogP contribution in [0, 0.1) is 0 Å². The van der Waals surface area contributed by atoms with Gasteiger partial charge in [0.1, 0.15) is 0 Å². The summed E-state index contributed by atoms with van der Waals surface area (Å²) in [5, 5.41) is -7.11. The van der Waals surface area contributed by atoms with Crippen molar-refractivity contribution in [3.8, 4) is 0 Å². The molecule has 0 rings (SSSR count). The van der Waals surface area contributed by atoms with Gasteiger partial charge in [0, 0.05) is 12.8 Å².